The lowest BCUT2D eigenvalue weighted by atomic mass is 10.1. The molecule has 3 rings (SSSR count). The zero-order valence-corrected chi connectivity index (χ0v) is 13.5. The van der Waals surface area contributed by atoms with E-state index in [1.165, 1.54) is 4.88 Å². The molecule has 4 nitrogen and oxygen atoms in total. The minimum atomic E-state index is -0.332. The van der Waals surface area contributed by atoms with Gasteiger partial charge in [-0.2, -0.15) is 5.10 Å². The lowest BCUT2D eigenvalue weighted by molar-refractivity contribution is 0.0928. The monoisotopic (exact) mass is 312 g/mol. The molecule has 0 fully saturated rings. The maximum atomic E-state index is 12.3. The highest BCUT2D eigenvalue weighted by Crippen LogP contribution is 2.24. The fraction of sp³-hybridized carbons (Fsp3) is 0.176. The summed E-state index contributed by atoms with van der Waals surface area (Å²) in [6, 6.07) is 11.6. The van der Waals surface area contributed by atoms with Gasteiger partial charge in [0.1, 0.15) is 5.58 Å². The second-order valence-electron chi connectivity index (χ2n) is 5.10. The quantitative estimate of drug-likeness (QED) is 0.580. The summed E-state index contributed by atoms with van der Waals surface area (Å²) < 4.78 is 5.62. The zero-order valence-electron chi connectivity index (χ0n) is 12.6. The highest BCUT2D eigenvalue weighted by atomic mass is 32.1. The summed E-state index contributed by atoms with van der Waals surface area (Å²) >= 11 is 1.64. The maximum absolute atomic E-state index is 12.3. The number of carbonyl (C=O) groups is 1. The van der Waals surface area contributed by atoms with Gasteiger partial charge in [0.2, 0.25) is 0 Å². The number of thiophene rings is 1. The molecular formula is C17H16N2O2S. The third-order valence-electron chi connectivity index (χ3n) is 3.47. The number of benzene rings is 1. The van der Waals surface area contributed by atoms with Crippen molar-refractivity contribution in [1.29, 1.82) is 0 Å². The van der Waals surface area contributed by atoms with E-state index in [1.807, 2.05) is 57.2 Å². The van der Waals surface area contributed by atoms with Crippen molar-refractivity contribution in [3.05, 3.63) is 57.5 Å². The Morgan fingerprint density at radius 3 is 2.64 bits per heavy atom. The second kappa shape index (κ2) is 5.77. The summed E-state index contributed by atoms with van der Waals surface area (Å²) in [5.74, 6) is -0.0264. The van der Waals surface area contributed by atoms with Crippen molar-refractivity contribution in [3.63, 3.8) is 0 Å². The van der Waals surface area contributed by atoms with E-state index in [0.717, 1.165) is 21.5 Å². The molecule has 0 saturated carbocycles. The van der Waals surface area contributed by atoms with E-state index in [9.17, 15) is 4.79 Å². The molecule has 0 aliphatic heterocycles. The SMILES string of the molecule is C/C(=N/NC(=O)c1oc2ccccc2c1C)c1ccc(C)s1. The first-order valence-electron chi connectivity index (χ1n) is 6.96. The van der Waals surface area contributed by atoms with Gasteiger partial charge in [-0.1, -0.05) is 18.2 Å². The fourth-order valence-corrected chi connectivity index (χ4v) is 3.07. The molecule has 22 heavy (non-hydrogen) atoms. The van der Waals surface area contributed by atoms with Gasteiger partial charge in [-0.15, -0.1) is 11.3 Å². The fourth-order valence-electron chi connectivity index (χ4n) is 2.26. The van der Waals surface area contributed by atoms with Crippen molar-refractivity contribution < 1.29 is 9.21 Å². The molecule has 1 aromatic carbocycles. The average molecular weight is 312 g/mol. The van der Waals surface area contributed by atoms with Crippen molar-refractivity contribution in [1.82, 2.24) is 5.43 Å². The number of nitrogens with zero attached hydrogens (tertiary/aromatic N) is 1. The molecule has 3 aromatic rings. The first-order valence-corrected chi connectivity index (χ1v) is 7.77. The molecule has 0 radical (unpaired) electrons. The average Bonchev–Trinajstić information content (AvgIpc) is 3.09. The number of carbonyl (C=O) groups excluding carboxylic acids is 1. The molecular weight excluding hydrogens is 296 g/mol. The summed E-state index contributed by atoms with van der Waals surface area (Å²) in [6.45, 7) is 5.79. The molecule has 1 N–H and O–H groups in total. The van der Waals surface area contributed by atoms with E-state index in [4.69, 9.17) is 4.42 Å². The van der Waals surface area contributed by atoms with Crippen molar-refractivity contribution >= 4 is 33.9 Å². The van der Waals surface area contributed by atoms with E-state index in [0.29, 0.717) is 11.3 Å². The van der Waals surface area contributed by atoms with E-state index in [-0.39, 0.29) is 5.91 Å². The van der Waals surface area contributed by atoms with Gasteiger partial charge in [-0.25, -0.2) is 5.43 Å². The molecule has 0 atom stereocenters. The molecule has 0 aliphatic carbocycles. The topological polar surface area (TPSA) is 54.6 Å². The van der Waals surface area contributed by atoms with Crippen molar-refractivity contribution in [2.24, 2.45) is 5.10 Å². The number of fused-ring (bicyclic) bond motifs is 1. The molecule has 0 aliphatic rings. The number of hydrogen-bond donors (Lipinski definition) is 1. The molecule has 0 saturated heterocycles. The normalized spacial score (nSPS) is 11.9. The first-order chi connectivity index (χ1) is 10.6. The molecule has 1 amide bonds. The maximum Gasteiger partial charge on any atom is 0.307 e. The Morgan fingerprint density at radius 2 is 1.95 bits per heavy atom. The number of nitrogens with one attached hydrogen (secondary N) is 1. The number of amides is 1. The van der Waals surface area contributed by atoms with Crippen LogP contribution in [0, 0.1) is 13.8 Å². The summed E-state index contributed by atoms with van der Waals surface area (Å²) in [7, 11) is 0. The van der Waals surface area contributed by atoms with Crippen LogP contribution in [0.25, 0.3) is 11.0 Å². The second-order valence-corrected chi connectivity index (χ2v) is 6.39. The van der Waals surface area contributed by atoms with Crippen LogP contribution >= 0.6 is 11.3 Å². The molecule has 5 heteroatoms. The number of aryl methyl sites for hydroxylation is 2. The lowest BCUT2D eigenvalue weighted by Crippen LogP contribution is -2.19. The van der Waals surface area contributed by atoms with Gasteiger partial charge < -0.3 is 4.42 Å². The molecule has 0 spiro atoms. The summed E-state index contributed by atoms with van der Waals surface area (Å²) in [6.07, 6.45) is 0. The van der Waals surface area contributed by atoms with E-state index < -0.39 is 0 Å². The number of rotatable bonds is 3. The highest BCUT2D eigenvalue weighted by Gasteiger charge is 2.17. The Bertz CT molecular complexity index is 874. The predicted molar refractivity (Wildman–Crippen MR) is 89.7 cm³/mol. The Hall–Kier alpha value is -2.40. The third kappa shape index (κ3) is 2.67. The van der Waals surface area contributed by atoms with Crippen LogP contribution in [-0.2, 0) is 0 Å². The summed E-state index contributed by atoms with van der Waals surface area (Å²) in [4.78, 5) is 14.5. The van der Waals surface area contributed by atoms with Gasteiger partial charge in [-0.3, -0.25) is 4.79 Å². The largest absolute Gasteiger partial charge is 0.451 e. The molecule has 2 aromatic heterocycles. The lowest BCUT2D eigenvalue weighted by Gasteiger charge is -1.99. The van der Waals surface area contributed by atoms with E-state index in [1.54, 1.807) is 11.3 Å². The first kappa shape index (κ1) is 14.5. The van der Waals surface area contributed by atoms with Crippen LogP contribution in [0.3, 0.4) is 0 Å². The van der Waals surface area contributed by atoms with Gasteiger partial charge in [-0.05, 0) is 39.0 Å². The van der Waals surface area contributed by atoms with Crippen molar-refractivity contribution in [2.45, 2.75) is 20.8 Å². The van der Waals surface area contributed by atoms with E-state index in [2.05, 4.69) is 10.5 Å². The van der Waals surface area contributed by atoms with Gasteiger partial charge in [0.05, 0.1) is 10.6 Å². The third-order valence-corrected chi connectivity index (χ3v) is 4.58. The molecule has 0 bridgehead atoms. The van der Waals surface area contributed by atoms with Gasteiger partial charge >= 0.3 is 5.91 Å². The standard InChI is InChI=1S/C17H16N2O2S/c1-10-8-9-15(22-10)12(3)18-19-17(20)16-11(2)13-6-4-5-7-14(13)21-16/h4-9H,1-3H3,(H,19,20)/b18-12-. The summed E-state index contributed by atoms with van der Waals surface area (Å²) in [5, 5.41) is 5.11. The van der Waals surface area contributed by atoms with Crippen LogP contribution in [-0.4, -0.2) is 11.6 Å². The van der Waals surface area contributed by atoms with Gasteiger partial charge in [0.25, 0.3) is 0 Å². The minimum absolute atomic E-state index is 0.306. The predicted octanol–water partition coefficient (Wildman–Crippen LogP) is 4.27. The Morgan fingerprint density at radius 1 is 1.18 bits per heavy atom. The smallest absolute Gasteiger partial charge is 0.307 e. The van der Waals surface area contributed by atoms with Gasteiger partial charge in [0.15, 0.2) is 5.76 Å². The molecule has 2 heterocycles. The Labute approximate surface area is 132 Å². The van der Waals surface area contributed by atoms with Crippen LogP contribution in [0.1, 0.15) is 32.8 Å². The van der Waals surface area contributed by atoms with Crippen LogP contribution in [0.5, 0.6) is 0 Å². The Kier molecular flexibility index (Phi) is 3.81. The van der Waals surface area contributed by atoms with Crippen LogP contribution in [0.4, 0.5) is 0 Å². The van der Waals surface area contributed by atoms with Crippen LogP contribution in [0.15, 0.2) is 45.9 Å². The van der Waals surface area contributed by atoms with Gasteiger partial charge in [0, 0.05) is 15.8 Å². The molecule has 112 valence electrons. The zero-order chi connectivity index (χ0) is 15.7. The van der Waals surface area contributed by atoms with Crippen LogP contribution < -0.4 is 5.43 Å². The number of hydrazone groups is 1. The minimum Gasteiger partial charge on any atom is -0.451 e. The number of furan rings is 1. The molecule has 0 unspecified atom stereocenters. The Balaban J connectivity index is 1.83. The van der Waals surface area contributed by atoms with Crippen molar-refractivity contribution in [2.75, 3.05) is 0 Å². The highest BCUT2D eigenvalue weighted by molar-refractivity contribution is 7.14. The number of para-hydroxylation sites is 1. The summed E-state index contributed by atoms with van der Waals surface area (Å²) in [5.41, 5.74) is 4.88. The number of hydrogen-bond acceptors (Lipinski definition) is 4. The van der Waals surface area contributed by atoms with E-state index >= 15 is 0 Å². The van der Waals surface area contributed by atoms with Crippen molar-refractivity contribution in [3.8, 4) is 0 Å². The van der Waals surface area contributed by atoms with Crippen LogP contribution in [0.2, 0.25) is 0 Å².